The second-order valence-corrected chi connectivity index (χ2v) is 6.00. The van der Waals surface area contributed by atoms with Crippen LogP contribution in [0.15, 0.2) is 18.2 Å². The van der Waals surface area contributed by atoms with Gasteiger partial charge in [-0.3, -0.25) is 19.7 Å². The van der Waals surface area contributed by atoms with Crippen LogP contribution in [0.3, 0.4) is 0 Å². The van der Waals surface area contributed by atoms with E-state index < -0.39 is 4.92 Å². The maximum atomic E-state index is 12.6. The van der Waals surface area contributed by atoms with Crippen molar-refractivity contribution in [3.8, 4) is 5.75 Å². The lowest BCUT2D eigenvalue weighted by Crippen LogP contribution is -2.43. The molecule has 1 aromatic carbocycles. The number of rotatable bonds is 6. The van der Waals surface area contributed by atoms with Crippen LogP contribution in [0.2, 0.25) is 0 Å². The third-order valence-corrected chi connectivity index (χ3v) is 4.32. The van der Waals surface area contributed by atoms with Gasteiger partial charge in [-0.05, 0) is 31.4 Å². The van der Waals surface area contributed by atoms with Crippen molar-refractivity contribution in [2.45, 2.75) is 26.2 Å². The average molecular weight is 349 g/mol. The first-order valence-corrected chi connectivity index (χ1v) is 8.37. The molecular weight excluding hydrogens is 326 g/mol. The Morgan fingerprint density at radius 3 is 2.60 bits per heavy atom. The van der Waals surface area contributed by atoms with Gasteiger partial charge in [0.15, 0.2) is 5.75 Å². The van der Waals surface area contributed by atoms with E-state index in [0.29, 0.717) is 32.5 Å². The van der Waals surface area contributed by atoms with Crippen LogP contribution >= 0.6 is 0 Å². The van der Waals surface area contributed by atoms with E-state index >= 15 is 0 Å². The molecule has 1 heterocycles. The molecule has 1 aromatic rings. The molecule has 0 aliphatic carbocycles. The van der Waals surface area contributed by atoms with Crippen LogP contribution in [0.1, 0.15) is 36.5 Å². The molecule has 0 unspecified atom stereocenters. The Bertz CT molecular complexity index is 654. The summed E-state index contributed by atoms with van der Waals surface area (Å²) in [5, 5.41) is 14.0. The third kappa shape index (κ3) is 4.46. The largest absolute Gasteiger partial charge is 0.490 e. The summed E-state index contributed by atoms with van der Waals surface area (Å²) in [6, 6.07) is 4.19. The first-order valence-electron chi connectivity index (χ1n) is 8.37. The standard InChI is InChI=1S/C17H23N3O5/c1-3-8-18-16(21)12-6-9-19(10-7-12)17(22)13-4-5-15(25-2)14(11-13)20(23)24/h4-5,11-12H,3,6-10H2,1-2H3,(H,18,21). The first kappa shape index (κ1) is 18.7. The number of nitro benzene ring substituents is 1. The zero-order valence-electron chi connectivity index (χ0n) is 14.5. The Hall–Kier alpha value is -2.64. The van der Waals surface area contributed by atoms with Crippen molar-refractivity contribution in [3.05, 3.63) is 33.9 Å². The Balaban J connectivity index is 2.02. The van der Waals surface area contributed by atoms with Gasteiger partial charge < -0.3 is 15.0 Å². The molecule has 1 aliphatic rings. The predicted octanol–water partition coefficient (Wildman–Crippen LogP) is 1.98. The number of hydrogen-bond donors (Lipinski definition) is 1. The van der Waals surface area contributed by atoms with Crippen molar-refractivity contribution in [2.24, 2.45) is 5.92 Å². The summed E-state index contributed by atoms with van der Waals surface area (Å²) in [5.74, 6) is -0.194. The van der Waals surface area contributed by atoms with Crippen LogP contribution in [-0.4, -0.2) is 48.4 Å². The number of amides is 2. The van der Waals surface area contributed by atoms with Gasteiger partial charge >= 0.3 is 5.69 Å². The molecule has 0 bridgehead atoms. The quantitative estimate of drug-likeness (QED) is 0.625. The number of piperidine rings is 1. The highest BCUT2D eigenvalue weighted by molar-refractivity contribution is 5.95. The summed E-state index contributed by atoms with van der Waals surface area (Å²) < 4.78 is 4.95. The van der Waals surface area contributed by atoms with Crippen molar-refractivity contribution in [2.75, 3.05) is 26.7 Å². The van der Waals surface area contributed by atoms with Crippen LogP contribution in [0.4, 0.5) is 5.69 Å². The first-order chi connectivity index (χ1) is 12.0. The molecule has 8 heteroatoms. The summed E-state index contributed by atoms with van der Waals surface area (Å²) in [6.45, 7) is 3.58. The fraction of sp³-hybridized carbons (Fsp3) is 0.529. The molecule has 1 N–H and O–H groups in total. The van der Waals surface area contributed by atoms with Gasteiger partial charge in [0.1, 0.15) is 0 Å². The number of nitro groups is 1. The van der Waals surface area contributed by atoms with Gasteiger partial charge in [0.05, 0.1) is 12.0 Å². The summed E-state index contributed by atoms with van der Waals surface area (Å²) >= 11 is 0. The summed E-state index contributed by atoms with van der Waals surface area (Å²) in [4.78, 5) is 36.7. The van der Waals surface area contributed by atoms with E-state index in [2.05, 4.69) is 5.32 Å². The second kappa shape index (κ2) is 8.46. The molecule has 2 amide bonds. The van der Waals surface area contributed by atoms with E-state index in [4.69, 9.17) is 4.74 Å². The molecule has 0 saturated carbocycles. The van der Waals surface area contributed by atoms with Gasteiger partial charge in [0.2, 0.25) is 5.91 Å². The number of ether oxygens (including phenoxy) is 1. The Kier molecular flexibility index (Phi) is 6.32. The summed E-state index contributed by atoms with van der Waals surface area (Å²) in [5.41, 5.74) is 0.0172. The molecule has 1 saturated heterocycles. The van der Waals surface area contributed by atoms with Gasteiger partial charge in [-0.25, -0.2) is 0 Å². The number of nitrogens with zero attached hydrogens (tertiary/aromatic N) is 2. The van der Waals surface area contributed by atoms with E-state index in [1.54, 1.807) is 4.90 Å². The molecule has 25 heavy (non-hydrogen) atoms. The number of likely N-dealkylation sites (tertiary alicyclic amines) is 1. The molecule has 0 aromatic heterocycles. The average Bonchev–Trinajstić information content (AvgIpc) is 2.65. The van der Waals surface area contributed by atoms with E-state index in [1.807, 2.05) is 6.92 Å². The number of benzene rings is 1. The molecule has 0 radical (unpaired) electrons. The highest BCUT2D eigenvalue weighted by Gasteiger charge is 2.28. The summed E-state index contributed by atoms with van der Waals surface area (Å²) in [7, 11) is 1.35. The van der Waals surface area contributed by atoms with E-state index in [1.165, 1.54) is 25.3 Å². The molecule has 0 atom stereocenters. The normalized spacial score (nSPS) is 14.9. The van der Waals surface area contributed by atoms with E-state index in [-0.39, 0.29) is 34.7 Å². The zero-order chi connectivity index (χ0) is 18.4. The van der Waals surface area contributed by atoms with Crippen LogP contribution in [0, 0.1) is 16.0 Å². The monoisotopic (exact) mass is 349 g/mol. The lowest BCUT2D eigenvalue weighted by molar-refractivity contribution is -0.385. The lowest BCUT2D eigenvalue weighted by atomic mass is 9.95. The molecule has 1 fully saturated rings. The molecule has 1 aliphatic heterocycles. The number of carbonyl (C=O) groups excluding carboxylic acids is 2. The van der Waals surface area contributed by atoms with Crippen LogP contribution in [0.5, 0.6) is 5.75 Å². The predicted molar refractivity (Wildman–Crippen MR) is 91.6 cm³/mol. The van der Waals surface area contributed by atoms with Gasteiger partial charge in [-0.1, -0.05) is 6.92 Å². The van der Waals surface area contributed by atoms with Gasteiger partial charge in [0, 0.05) is 37.2 Å². The van der Waals surface area contributed by atoms with Gasteiger partial charge in [-0.15, -0.1) is 0 Å². The topological polar surface area (TPSA) is 102 Å². The number of carbonyl (C=O) groups is 2. The van der Waals surface area contributed by atoms with Gasteiger partial charge in [0.25, 0.3) is 5.91 Å². The van der Waals surface area contributed by atoms with Crippen LogP contribution < -0.4 is 10.1 Å². The van der Waals surface area contributed by atoms with Crippen molar-refractivity contribution in [3.63, 3.8) is 0 Å². The third-order valence-electron chi connectivity index (χ3n) is 4.32. The van der Waals surface area contributed by atoms with Crippen LogP contribution in [-0.2, 0) is 4.79 Å². The minimum atomic E-state index is -0.570. The second-order valence-electron chi connectivity index (χ2n) is 6.00. The fourth-order valence-electron chi connectivity index (χ4n) is 2.89. The SMILES string of the molecule is CCCNC(=O)C1CCN(C(=O)c2ccc(OC)c([N+](=O)[O-])c2)CC1. The van der Waals surface area contributed by atoms with E-state index in [0.717, 1.165) is 6.42 Å². The maximum absolute atomic E-state index is 12.6. The number of methoxy groups -OCH3 is 1. The van der Waals surface area contributed by atoms with E-state index in [9.17, 15) is 19.7 Å². The Labute approximate surface area is 146 Å². The minimum Gasteiger partial charge on any atom is -0.490 e. The zero-order valence-corrected chi connectivity index (χ0v) is 14.5. The van der Waals surface area contributed by atoms with Gasteiger partial charge in [-0.2, -0.15) is 0 Å². The summed E-state index contributed by atoms with van der Waals surface area (Å²) in [6.07, 6.45) is 2.08. The Morgan fingerprint density at radius 2 is 2.04 bits per heavy atom. The Morgan fingerprint density at radius 1 is 1.36 bits per heavy atom. The molecule has 2 rings (SSSR count). The van der Waals surface area contributed by atoms with Crippen molar-refractivity contribution in [1.29, 1.82) is 0 Å². The molecule has 136 valence electrons. The minimum absolute atomic E-state index is 0.0361. The smallest absolute Gasteiger partial charge is 0.311 e. The fourth-order valence-corrected chi connectivity index (χ4v) is 2.89. The molecule has 0 spiro atoms. The highest BCUT2D eigenvalue weighted by Crippen LogP contribution is 2.28. The van der Waals surface area contributed by atoms with Crippen molar-refractivity contribution < 1.29 is 19.2 Å². The number of nitrogens with one attached hydrogen (secondary N) is 1. The van der Waals surface area contributed by atoms with Crippen LogP contribution in [0.25, 0.3) is 0 Å². The van der Waals surface area contributed by atoms with Crippen molar-refractivity contribution >= 4 is 17.5 Å². The number of hydrogen-bond acceptors (Lipinski definition) is 5. The maximum Gasteiger partial charge on any atom is 0.311 e. The highest BCUT2D eigenvalue weighted by atomic mass is 16.6. The van der Waals surface area contributed by atoms with Crippen molar-refractivity contribution in [1.82, 2.24) is 10.2 Å². The molecular formula is C17H23N3O5. The molecule has 8 nitrogen and oxygen atoms in total. The lowest BCUT2D eigenvalue weighted by Gasteiger charge is -2.31.